The number of para-hydroxylation sites is 1. The molecule has 0 bridgehead atoms. The standard InChI is InChI=1S/C39H51ClN8O9S/c1-27-4-3-5-30(40)36(27)46-38(52)33-26-42-39(58-33)45-34-25-35(44-28(2)43-34)48-11-9-47(10-12-48)13-15-54-17-19-56-21-23-57-22-20-55-18-16-53-14-8-41-37(51)29-6-7-31(49)32(50)24-29/h3-7,24-26,49-50H,8-23H2,1-2H3,(H,41,51)(H,46,52)(H,42,43,44,45). The summed E-state index contributed by atoms with van der Waals surface area (Å²) in [6.45, 7) is 12.8. The molecule has 17 nitrogen and oxygen atoms in total. The Bertz CT molecular complexity index is 1890. The van der Waals surface area contributed by atoms with Gasteiger partial charge in [0.2, 0.25) is 0 Å². The number of amides is 2. The molecule has 2 amide bonds. The smallest absolute Gasteiger partial charge is 0.267 e. The molecule has 1 saturated heterocycles. The van der Waals surface area contributed by atoms with E-state index < -0.39 is 0 Å². The molecule has 2 aromatic carbocycles. The Kier molecular flexibility index (Phi) is 18.1. The zero-order chi connectivity index (χ0) is 41.1. The monoisotopic (exact) mass is 842 g/mol. The first-order chi connectivity index (χ1) is 28.2. The molecule has 0 radical (unpaired) electrons. The zero-order valence-corrected chi connectivity index (χ0v) is 34.3. The summed E-state index contributed by atoms with van der Waals surface area (Å²) in [5.74, 6) is 0.802. The Morgan fingerprint density at radius 3 is 2.10 bits per heavy atom. The highest BCUT2D eigenvalue weighted by Crippen LogP contribution is 2.29. The van der Waals surface area contributed by atoms with Crippen molar-refractivity contribution in [3.05, 3.63) is 75.5 Å². The summed E-state index contributed by atoms with van der Waals surface area (Å²) in [4.78, 5) is 43.5. The lowest BCUT2D eigenvalue weighted by atomic mass is 10.2. The highest BCUT2D eigenvalue weighted by atomic mass is 35.5. The molecule has 1 fully saturated rings. The van der Waals surface area contributed by atoms with Crippen molar-refractivity contribution in [2.45, 2.75) is 13.8 Å². The summed E-state index contributed by atoms with van der Waals surface area (Å²) in [5.41, 5.74) is 1.71. The molecule has 0 saturated carbocycles. The molecule has 2 aromatic heterocycles. The largest absolute Gasteiger partial charge is 0.504 e. The maximum Gasteiger partial charge on any atom is 0.267 e. The number of ether oxygens (including phenoxy) is 5. The number of phenolic OH excluding ortho intramolecular Hbond substituents is 2. The molecule has 1 aliphatic rings. The third-order valence-electron chi connectivity index (χ3n) is 8.76. The number of anilines is 4. The number of hydrogen-bond donors (Lipinski definition) is 5. The third kappa shape index (κ3) is 14.6. The van der Waals surface area contributed by atoms with Gasteiger partial charge in [-0.25, -0.2) is 15.0 Å². The number of phenols is 2. The predicted octanol–water partition coefficient (Wildman–Crippen LogP) is 4.25. The minimum atomic E-state index is -0.369. The van der Waals surface area contributed by atoms with Gasteiger partial charge in [-0.2, -0.15) is 0 Å². The van der Waals surface area contributed by atoms with Crippen LogP contribution in [0.25, 0.3) is 0 Å². The van der Waals surface area contributed by atoms with Gasteiger partial charge >= 0.3 is 0 Å². The van der Waals surface area contributed by atoms with Gasteiger partial charge in [-0.1, -0.05) is 35.1 Å². The number of thiazole rings is 1. The van der Waals surface area contributed by atoms with Crippen LogP contribution in [0.5, 0.6) is 11.5 Å². The second-order valence-corrected chi connectivity index (χ2v) is 14.5. The van der Waals surface area contributed by atoms with Crippen molar-refractivity contribution in [3.8, 4) is 11.5 Å². The van der Waals surface area contributed by atoms with Crippen LogP contribution in [-0.2, 0) is 23.7 Å². The molecule has 0 unspecified atom stereocenters. The summed E-state index contributed by atoms with van der Waals surface area (Å²) in [6.07, 6.45) is 1.53. The number of aryl methyl sites for hydroxylation is 2. The number of piperazine rings is 1. The SMILES string of the molecule is Cc1nc(Nc2ncc(C(=O)Nc3c(C)cccc3Cl)s2)cc(N2CCN(CCOCCOCCOCCOCCOCCNC(=O)c3ccc(O)c(O)c3)CC2)n1. The van der Waals surface area contributed by atoms with Crippen LogP contribution in [0, 0.1) is 13.8 Å². The fraction of sp³-hybridized carbons (Fsp3) is 0.462. The van der Waals surface area contributed by atoms with Gasteiger partial charge in [0.15, 0.2) is 16.6 Å². The summed E-state index contributed by atoms with van der Waals surface area (Å²) in [5, 5.41) is 28.6. The normalized spacial score (nSPS) is 13.1. The minimum absolute atomic E-state index is 0.247. The van der Waals surface area contributed by atoms with E-state index in [1.54, 1.807) is 6.07 Å². The van der Waals surface area contributed by atoms with Crippen LogP contribution < -0.4 is 20.9 Å². The van der Waals surface area contributed by atoms with E-state index >= 15 is 0 Å². The second kappa shape index (κ2) is 23.7. The first kappa shape index (κ1) is 44.4. The zero-order valence-electron chi connectivity index (χ0n) is 32.7. The molecule has 19 heteroatoms. The van der Waals surface area contributed by atoms with Crippen LogP contribution >= 0.6 is 22.9 Å². The van der Waals surface area contributed by atoms with Crippen molar-refractivity contribution in [2.24, 2.45) is 0 Å². The topological polar surface area (TPSA) is 202 Å². The number of nitrogens with zero attached hydrogens (tertiary/aromatic N) is 5. The average Bonchev–Trinajstić information content (AvgIpc) is 3.68. The summed E-state index contributed by atoms with van der Waals surface area (Å²) in [7, 11) is 0. The Hall–Kier alpha value is -4.66. The van der Waals surface area contributed by atoms with Gasteiger partial charge in [0, 0.05) is 50.9 Å². The molecule has 1 aliphatic heterocycles. The number of aromatic hydroxyl groups is 2. The molecular formula is C39H51ClN8O9S. The Morgan fingerprint density at radius 1 is 0.793 bits per heavy atom. The second-order valence-electron chi connectivity index (χ2n) is 13.0. The van der Waals surface area contributed by atoms with Gasteiger partial charge in [0.1, 0.15) is 22.3 Å². The number of carbonyl (C=O) groups excluding carboxylic acids is 2. The van der Waals surface area contributed by atoms with E-state index in [2.05, 4.69) is 40.7 Å². The number of carbonyl (C=O) groups is 2. The molecule has 314 valence electrons. The lowest BCUT2D eigenvalue weighted by Gasteiger charge is -2.35. The number of nitrogens with one attached hydrogen (secondary N) is 3. The molecule has 3 heterocycles. The van der Waals surface area contributed by atoms with Crippen LogP contribution in [0.3, 0.4) is 0 Å². The number of rotatable bonds is 24. The van der Waals surface area contributed by atoms with E-state index in [9.17, 15) is 19.8 Å². The fourth-order valence-corrected chi connectivity index (χ4v) is 6.66. The van der Waals surface area contributed by atoms with Gasteiger partial charge in [-0.3, -0.25) is 14.5 Å². The van der Waals surface area contributed by atoms with E-state index in [1.165, 1.54) is 35.7 Å². The molecule has 5 N–H and O–H groups in total. The van der Waals surface area contributed by atoms with Crippen LogP contribution in [0.15, 0.2) is 48.7 Å². The minimum Gasteiger partial charge on any atom is -0.504 e. The molecule has 0 spiro atoms. The molecule has 0 atom stereocenters. The van der Waals surface area contributed by atoms with Crippen LogP contribution in [0.2, 0.25) is 5.02 Å². The van der Waals surface area contributed by atoms with Gasteiger partial charge in [-0.05, 0) is 43.7 Å². The maximum absolute atomic E-state index is 12.9. The van der Waals surface area contributed by atoms with Crippen molar-refractivity contribution < 1.29 is 43.5 Å². The quantitative estimate of drug-likeness (QED) is 0.0495. The van der Waals surface area contributed by atoms with E-state index in [0.717, 1.165) is 44.1 Å². The maximum atomic E-state index is 12.9. The fourth-order valence-electron chi connectivity index (χ4n) is 5.67. The number of aromatic nitrogens is 3. The highest BCUT2D eigenvalue weighted by molar-refractivity contribution is 7.17. The predicted molar refractivity (Wildman–Crippen MR) is 221 cm³/mol. The Morgan fingerprint density at radius 2 is 1.45 bits per heavy atom. The van der Waals surface area contributed by atoms with Gasteiger partial charge < -0.3 is 54.7 Å². The van der Waals surface area contributed by atoms with Crippen molar-refractivity contribution in [2.75, 3.05) is 121 Å². The third-order valence-corrected chi connectivity index (χ3v) is 9.98. The van der Waals surface area contributed by atoms with Crippen LogP contribution in [0.1, 0.15) is 31.4 Å². The van der Waals surface area contributed by atoms with Crippen LogP contribution in [0.4, 0.5) is 22.5 Å². The van der Waals surface area contributed by atoms with Gasteiger partial charge in [-0.15, -0.1) is 0 Å². The number of hydrogen-bond acceptors (Lipinski definition) is 16. The lowest BCUT2D eigenvalue weighted by Crippen LogP contribution is -2.47. The molecule has 4 aromatic rings. The van der Waals surface area contributed by atoms with E-state index in [1.807, 2.05) is 32.0 Å². The summed E-state index contributed by atoms with van der Waals surface area (Å²) >= 11 is 7.51. The van der Waals surface area contributed by atoms with Crippen molar-refractivity contribution >= 4 is 57.2 Å². The van der Waals surface area contributed by atoms with Crippen LogP contribution in [-0.4, -0.2) is 147 Å². The average molecular weight is 843 g/mol. The number of halogens is 1. The van der Waals surface area contributed by atoms with Crippen molar-refractivity contribution in [1.82, 2.24) is 25.2 Å². The van der Waals surface area contributed by atoms with Crippen molar-refractivity contribution in [1.29, 1.82) is 0 Å². The highest BCUT2D eigenvalue weighted by Gasteiger charge is 2.20. The molecular weight excluding hydrogens is 792 g/mol. The summed E-state index contributed by atoms with van der Waals surface area (Å²) in [6, 6.07) is 11.3. The summed E-state index contributed by atoms with van der Waals surface area (Å²) < 4.78 is 27.8. The molecule has 0 aliphatic carbocycles. The van der Waals surface area contributed by atoms with E-state index in [4.69, 9.17) is 35.3 Å². The first-order valence-electron chi connectivity index (χ1n) is 19.0. The Balaban J connectivity index is 0.840. The molecule has 58 heavy (non-hydrogen) atoms. The van der Waals surface area contributed by atoms with Gasteiger partial charge in [0.05, 0.1) is 83.0 Å². The van der Waals surface area contributed by atoms with Crippen molar-refractivity contribution in [3.63, 3.8) is 0 Å². The van der Waals surface area contributed by atoms with E-state index in [0.29, 0.717) is 105 Å². The number of benzene rings is 2. The first-order valence-corrected chi connectivity index (χ1v) is 20.2. The molecule has 5 rings (SSSR count). The lowest BCUT2D eigenvalue weighted by molar-refractivity contribution is -0.0120. The Labute approximate surface area is 346 Å². The van der Waals surface area contributed by atoms with E-state index in [-0.39, 0.29) is 28.9 Å². The van der Waals surface area contributed by atoms with Gasteiger partial charge in [0.25, 0.3) is 11.8 Å².